The number of hydrogen-bond acceptors (Lipinski definition) is 3. The van der Waals surface area contributed by atoms with Crippen LogP contribution in [0.4, 0.5) is 13.2 Å². The van der Waals surface area contributed by atoms with Gasteiger partial charge in [0.1, 0.15) is 0 Å². The molecule has 0 aliphatic heterocycles. The second-order valence-electron chi connectivity index (χ2n) is 4.09. The van der Waals surface area contributed by atoms with Crippen LogP contribution in [0.3, 0.4) is 0 Å². The number of rotatable bonds is 5. The number of halogens is 3. The van der Waals surface area contributed by atoms with E-state index in [0.29, 0.717) is 5.56 Å². The van der Waals surface area contributed by atoms with E-state index in [9.17, 15) is 13.2 Å². The van der Waals surface area contributed by atoms with Crippen molar-refractivity contribution in [2.75, 3.05) is 13.2 Å². The van der Waals surface area contributed by atoms with E-state index in [4.69, 9.17) is 10.2 Å². The van der Waals surface area contributed by atoms with Gasteiger partial charge in [0.2, 0.25) is 0 Å². The molecular weight excluding hydrogens is 247 g/mol. The van der Waals surface area contributed by atoms with Gasteiger partial charge in [-0.15, -0.1) is 0 Å². The first-order chi connectivity index (χ1) is 8.34. The summed E-state index contributed by atoms with van der Waals surface area (Å²) in [4.78, 5) is 0. The van der Waals surface area contributed by atoms with E-state index >= 15 is 0 Å². The Hall–Kier alpha value is -1.11. The molecule has 3 N–H and O–H groups in total. The van der Waals surface area contributed by atoms with Crippen molar-refractivity contribution >= 4 is 0 Å². The molecule has 0 heterocycles. The lowest BCUT2D eigenvalue weighted by molar-refractivity contribution is -0.137. The predicted molar refractivity (Wildman–Crippen MR) is 61.0 cm³/mol. The summed E-state index contributed by atoms with van der Waals surface area (Å²) in [6, 6.07) is 4.67. The predicted octanol–water partition coefficient (Wildman–Crippen LogP) is 1.71. The van der Waals surface area contributed by atoms with Crippen molar-refractivity contribution in [3.8, 4) is 0 Å². The van der Waals surface area contributed by atoms with Gasteiger partial charge in [-0.25, -0.2) is 0 Å². The minimum absolute atomic E-state index is 0.119. The Morgan fingerprint density at radius 1 is 1.33 bits per heavy atom. The standard InChI is InChI=1S/C12H16F3NO2/c1-8(16-6-11(18)7-17)9-3-2-4-10(5-9)12(13,14)15/h2-5,8,11,16-18H,6-7H2,1H3. The smallest absolute Gasteiger partial charge is 0.394 e. The van der Waals surface area contributed by atoms with Gasteiger partial charge >= 0.3 is 6.18 Å². The summed E-state index contributed by atoms with van der Waals surface area (Å²) in [6.07, 6.45) is -5.28. The molecule has 0 saturated carbocycles. The minimum atomic E-state index is -4.36. The quantitative estimate of drug-likeness (QED) is 0.758. The lowest BCUT2D eigenvalue weighted by atomic mass is 10.0. The molecule has 2 atom stereocenters. The molecule has 1 aromatic carbocycles. The Labute approximate surface area is 103 Å². The Kier molecular flexibility index (Phi) is 5.13. The van der Waals surface area contributed by atoms with Crippen molar-refractivity contribution in [3.63, 3.8) is 0 Å². The third kappa shape index (κ3) is 4.29. The fourth-order valence-corrected chi connectivity index (χ4v) is 1.48. The molecule has 1 rings (SSSR count). The summed E-state index contributed by atoms with van der Waals surface area (Å²) in [5.74, 6) is 0. The largest absolute Gasteiger partial charge is 0.416 e. The maximum Gasteiger partial charge on any atom is 0.416 e. The van der Waals surface area contributed by atoms with E-state index in [1.54, 1.807) is 13.0 Å². The number of aliphatic hydroxyl groups excluding tert-OH is 2. The van der Waals surface area contributed by atoms with E-state index in [2.05, 4.69) is 5.32 Å². The van der Waals surface area contributed by atoms with E-state index in [1.807, 2.05) is 0 Å². The number of aliphatic hydroxyl groups is 2. The fourth-order valence-electron chi connectivity index (χ4n) is 1.48. The summed E-state index contributed by atoms with van der Waals surface area (Å²) in [5, 5.41) is 20.6. The molecule has 18 heavy (non-hydrogen) atoms. The first-order valence-electron chi connectivity index (χ1n) is 5.54. The van der Waals surface area contributed by atoms with Crippen molar-refractivity contribution in [1.82, 2.24) is 5.32 Å². The van der Waals surface area contributed by atoms with Crippen LogP contribution in [-0.2, 0) is 6.18 Å². The number of hydrogen-bond donors (Lipinski definition) is 3. The summed E-state index contributed by atoms with van der Waals surface area (Å²) < 4.78 is 37.5. The molecule has 3 nitrogen and oxygen atoms in total. The van der Waals surface area contributed by atoms with E-state index < -0.39 is 17.8 Å². The maximum atomic E-state index is 12.5. The summed E-state index contributed by atoms with van der Waals surface area (Å²) in [7, 11) is 0. The summed E-state index contributed by atoms with van der Waals surface area (Å²) >= 11 is 0. The van der Waals surface area contributed by atoms with Gasteiger partial charge in [0.25, 0.3) is 0 Å². The zero-order valence-corrected chi connectivity index (χ0v) is 9.91. The van der Waals surface area contributed by atoms with Gasteiger partial charge in [-0.3, -0.25) is 0 Å². The second-order valence-corrected chi connectivity index (χ2v) is 4.09. The van der Waals surface area contributed by atoms with Crippen LogP contribution in [0.1, 0.15) is 24.1 Å². The fraction of sp³-hybridized carbons (Fsp3) is 0.500. The van der Waals surface area contributed by atoms with Crippen LogP contribution < -0.4 is 5.32 Å². The van der Waals surface area contributed by atoms with E-state index in [-0.39, 0.29) is 19.2 Å². The molecule has 0 aliphatic carbocycles. The highest BCUT2D eigenvalue weighted by molar-refractivity contribution is 5.27. The third-order valence-corrected chi connectivity index (χ3v) is 2.58. The van der Waals surface area contributed by atoms with Crippen molar-refractivity contribution in [2.45, 2.75) is 25.2 Å². The van der Waals surface area contributed by atoms with Gasteiger partial charge in [-0.05, 0) is 24.6 Å². The van der Waals surface area contributed by atoms with Gasteiger partial charge in [-0.1, -0.05) is 12.1 Å². The van der Waals surface area contributed by atoms with Gasteiger partial charge < -0.3 is 15.5 Å². The molecule has 0 spiro atoms. The molecular formula is C12H16F3NO2. The molecule has 2 unspecified atom stereocenters. The van der Waals surface area contributed by atoms with Crippen LogP contribution in [0.2, 0.25) is 0 Å². The molecule has 0 aromatic heterocycles. The van der Waals surface area contributed by atoms with Crippen LogP contribution in [0.15, 0.2) is 24.3 Å². The first-order valence-corrected chi connectivity index (χ1v) is 5.54. The van der Waals surface area contributed by atoms with Crippen molar-refractivity contribution in [2.24, 2.45) is 0 Å². The van der Waals surface area contributed by atoms with E-state index in [1.165, 1.54) is 6.07 Å². The molecule has 6 heteroatoms. The Bertz CT molecular complexity index is 382. The molecule has 0 amide bonds. The average Bonchev–Trinajstić information content (AvgIpc) is 2.34. The van der Waals surface area contributed by atoms with Gasteiger partial charge in [0.05, 0.1) is 18.3 Å². The molecule has 102 valence electrons. The van der Waals surface area contributed by atoms with Crippen molar-refractivity contribution in [3.05, 3.63) is 35.4 Å². The van der Waals surface area contributed by atoms with Gasteiger partial charge in [-0.2, -0.15) is 13.2 Å². The summed E-state index contributed by atoms with van der Waals surface area (Å²) in [6.45, 7) is 1.43. The monoisotopic (exact) mass is 263 g/mol. The third-order valence-electron chi connectivity index (χ3n) is 2.58. The van der Waals surface area contributed by atoms with Crippen molar-refractivity contribution in [1.29, 1.82) is 0 Å². The molecule has 0 saturated heterocycles. The second kappa shape index (κ2) is 6.17. The van der Waals surface area contributed by atoms with Crippen LogP contribution in [0.5, 0.6) is 0 Å². The lowest BCUT2D eigenvalue weighted by Crippen LogP contribution is -2.31. The highest BCUT2D eigenvalue weighted by Crippen LogP contribution is 2.30. The molecule has 0 bridgehead atoms. The highest BCUT2D eigenvalue weighted by Gasteiger charge is 2.30. The lowest BCUT2D eigenvalue weighted by Gasteiger charge is -2.17. The number of alkyl halides is 3. The first kappa shape index (κ1) is 14.9. The van der Waals surface area contributed by atoms with Crippen LogP contribution in [-0.4, -0.2) is 29.5 Å². The van der Waals surface area contributed by atoms with E-state index in [0.717, 1.165) is 12.1 Å². The molecule has 0 fully saturated rings. The normalized spacial score (nSPS) is 15.4. The van der Waals surface area contributed by atoms with Crippen LogP contribution in [0, 0.1) is 0 Å². The van der Waals surface area contributed by atoms with Gasteiger partial charge in [0.15, 0.2) is 0 Å². The maximum absolute atomic E-state index is 12.5. The summed E-state index contributed by atoms with van der Waals surface area (Å²) in [5.41, 5.74) is -0.216. The Balaban J connectivity index is 2.71. The minimum Gasteiger partial charge on any atom is -0.394 e. The molecule has 1 aromatic rings. The average molecular weight is 263 g/mol. The molecule has 0 radical (unpaired) electrons. The van der Waals surface area contributed by atoms with Crippen molar-refractivity contribution < 1.29 is 23.4 Å². The Morgan fingerprint density at radius 3 is 2.56 bits per heavy atom. The zero-order valence-electron chi connectivity index (χ0n) is 9.91. The molecule has 0 aliphatic rings. The van der Waals surface area contributed by atoms with Crippen LogP contribution >= 0.6 is 0 Å². The topological polar surface area (TPSA) is 52.5 Å². The number of benzene rings is 1. The highest BCUT2D eigenvalue weighted by atomic mass is 19.4. The van der Waals surface area contributed by atoms with Crippen LogP contribution in [0.25, 0.3) is 0 Å². The Morgan fingerprint density at radius 2 is 2.00 bits per heavy atom. The SMILES string of the molecule is CC(NCC(O)CO)c1cccc(C(F)(F)F)c1. The number of nitrogens with one attached hydrogen (secondary N) is 1. The van der Waals surface area contributed by atoms with Gasteiger partial charge in [0, 0.05) is 12.6 Å². The zero-order chi connectivity index (χ0) is 13.8.